The van der Waals surface area contributed by atoms with Gasteiger partial charge in [0.25, 0.3) is 0 Å². The van der Waals surface area contributed by atoms with E-state index in [2.05, 4.69) is 22.8 Å². The van der Waals surface area contributed by atoms with Crippen LogP contribution in [0.4, 0.5) is 0 Å². The van der Waals surface area contributed by atoms with Crippen molar-refractivity contribution in [3.8, 4) is 0 Å². The van der Waals surface area contributed by atoms with Crippen LogP contribution in [0.3, 0.4) is 0 Å². The smallest absolute Gasteiger partial charge is 0.152 e. The Hall–Kier alpha value is -1.57. The highest BCUT2D eigenvalue weighted by Gasteiger charge is 2.44. The Morgan fingerprint density at radius 2 is 2.19 bits per heavy atom. The van der Waals surface area contributed by atoms with Crippen LogP contribution in [-0.4, -0.2) is 10.9 Å². The fraction of sp³-hybridized carbons (Fsp3) is 0.357. The lowest BCUT2D eigenvalue weighted by atomic mass is 10.1. The van der Waals surface area contributed by atoms with E-state index < -0.39 is 0 Å². The second-order valence-corrected chi connectivity index (χ2v) is 4.98. The molecule has 0 radical (unpaired) electrons. The SMILES string of the molecule is O=Cc1c2n(c3ccccc13)CCC1CC21. The van der Waals surface area contributed by atoms with E-state index in [0.29, 0.717) is 5.92 Å². The van der Waals surface area contributed by atoms with Gasteiger partial charge in [0.2, 0.25) is 0 Å². The van der Waals surface area contributed by atoms with Crippen LogP contribution >= 0.6 is 0 Å². The Morgan fingerprint density at radius 3 is 3.06 bits per heavy atom. The number of hydrogen-bond donors (Lipinski definition) is 0. The maximum Gasteiger partial charge on any atom is 0.152 e. The van der Waals surface area contributed by atoms with Gasteiger partial charge in [-0.1, -0.05) is 18.2 Å². The van der Waals surface area contributed by atoms with E-state index in [1.165, 1.54) is 24.1 Å². The fourth-order valence-electron chi connectivity index (χ4n) is 3.31. The number of nitrogens with zero attached hydrogens (tertiary/aromatic N) is 1. The maximum atomic E-state index is 11.3. The molecule has 1 aliphatic carbocycles. The summed E-state index contributed by atoms with van der Waals surface area (Å²) in [7, 11) is 0. The standard InChI is InChI=1S/C14H13NO/c16-8-12-10-3-1-2-4-13(10)15-6-5-9-7-11(9)14(12)15/h1-4,8-9,11H,5-7H2. The van der Waals surface area contributed by atoms with Gasteiger partial charge >= 0.3 is 0 Å². The lowest BCUT2D eigenvalue weighted by Gasteiger charge is -2.15. The van der Waals surface area contributed by atoms with Crippen LogP contribution in [0.1, 0.15) is 34.8 Å². The Labute approximate surface area is 93.9 Å². The van der Waals surface area contributed by atoms with Gasteiger partial charge in [-0.2, -0.15) is 0 Å². The van der Waals surface area contributed by atoms with Crippen molar-refractivity contribution in [2.24, 2.45) is 5.92 Å². The van der Waals surface area contributed by atoms with E-state index in [-0.39, 0.29) is 0 Å². The van der Waals surface area contributed by atoms with Crippen LogP contribution in [-0.2, 0) is 6.54 Å². The topological polar surface area (TPSA) is 22.0 Å². The third kappa shape index (κ3) is 0.902. The zero-order valence-electron chi connectivity index (χ0n) is 9.02. The molecule has 2 nitrogen and oxygen atoms in total. The minimum atomic E-state index is 0.668. The summed E-state index contributed by atoms with van der Waals surface area (Å²) < 4.78 is 2.37. The first-order valence-corrected chi connectivity index (χ1v) is 5.96. The van der Waals surface area contributed by atoms with Crippen molar-refractivity contribution in [3.05, 3.63) is 35.5 Å². The number of carbonyl (C=O) groups excluding carboxylic acids is 1. The minimum absolute atomic E-state index is 0.668. The summed E-state index contributed by atoms with van der Waals surface area (Å²) in [5.41, 5.74) is 3.50. The van der Waals surface area contributed by atoms with Gasteiger partial charge < -0.3 is 4.57 Å². The van der Waals surface area contributed by atoms with Crippen molar-refractivity contribution in [1.29, 1.82) is 0 Å². The van der Waals surface area contributed by atoms with Gasteiger partial charge in [0.05, 0.1) is 0 Å². The van der Waals surface area contributed by atoms with Gasteiger partial charge in [-0.25, -0.2) is 0 Å². The quantitative estimate of drug-likeness (QED) is 0.665. The third-order valence-electron chi connectivity index (χ3n) is 4.17. The number of carbonyl (C=O) groups is 1. The van der Waals surface area contributed by atoms with Crippen LogP contribution in [0.25, 0.3) is 10.9 Å². The van der Waals surface area contributed by atoms with Gasteiger partial charge in [0, 0.05) is 34.6 Å². The summed E-state index contributed by atoms with van der Waals surface area (Å²) >= 11 is 0. The summed E-state index contributed by atoms with van der Waals surface area (Å²) in [4.78, 5) is 11.3. The van der Waals surface area contributed by atoms with Gasteiger partial charge in [-0.3, -0.25) is 4.79 Å². The second kappa shape index (κ2) is 2.76. The Morgan fingerprint density at radius 1 is 1.31 bits per heavy atom. The van der Waals surface area contributed by atoms with Crippen molar-refractivity contribution < 1.29 is 4.79 Å². The highest BCUT2D eigenvalue weighted by atomic mass is 16.1. The van der Waals surface area contributed by atoms with Gasteiger partial charge in [-0.05, 0) is 24.8 Å². The van der Waals surface area contributed by atoms with Crippen molar-refractivity contribution >= 4 is 17.2 Å². The zero-order chi connectivity index (χ0) is 10.7. The number of aromatic nitrogens is 1. The molecule has 2 aromatic rings. The average Bonchev–Trinajstić information content (AvgIpc) is 3.05. The summed E-state index contributed by atoms with van der Waals surface area (Å²) in [6.45, 7) is 1.09. The van der Waals surface area contributed by atoms with Crippen LogP contribution in [0.2, 0.25) is 0 Å². The van der Waals surface area contributed by atoms with Crippen molar-refractivity contribution in [3.63, 3.8) is 0 Å². The predicted molar refractivity (Wildman–Crippen MR) is 62.8 cm³/mol. The number of benzene rings is 1. The van der Waals surface area contributed by atoms with E-state index in [0.717, 1.165) is 29.7 Å². The molecule has 0 bridgehead atoms. The maximum absolute atomic E-state index is 11.3. The normalized spacial score (nSPS) is 26.2. The highest BCUT2D eigenvalue weighted by molar-refractivity contribution is 6.00. The molecule has 1 fully saturated rings. The van der Waals surface area contributed by atoms with Gasteiger partial charge in [0.1, 0.15) is 0 Å². The molecule has 0 amide bonds. The first-order chi connectivity index (χ1) is 7.90. The average molecular weight is 211 g/mol. The van der Waals surface area contributed by atoms with Crippen LogP contribution in [0.5, 0.6) is 0 Å². The number of aldehydes is 1. The number of fused-ring (bicyclic) bond motifs is 5. The second-order valence-electron chi connectivity index (χ2n) is 4.98. The molecule has 2 heteroatoms. The van der Waals surface area contributed by atoms with Gasteiger partial charge in [-0.15, -0.1) is 0 Å². The molecule has 1 aliphatic heterocycles. The molecule has 0 N–H and O–H groups in total. The molecule has 0 saturated heterocycles. The lowest BCUT2D eigenvalue weighted by Crippen LogP contribution is -2.09. The largest absolute Gasteiger partial charge is 0.344 e. The highest BCUT2D eigenvalue weighted by Crippen LogP contribution is 2.55. The van der Waals surface area contributed by atoms with Crippen molar-refractivity contribution in [2.75, 3.05) is 0 Å². The monoisotopic (exact) mass is 211 g/mol. The van der Waals surface area contributed by atoms with Crippen molar-refractivity contribution in [2.45, 2.75) is 25.3 Å². The molecule has 2 aliphatic rings. The molecule has 1 aromatic carbocycles. The van der Waals surface area contributed by atoms with Crippen molar-refractivity contribution in [1.82, 2.24) is 4.57 Å². The number of aryl methyl sites for hydroxylation is 1. The summed E-state index contributed by atoms with van der Waals surface area (Å²) in [6.07, 6.45) is 3.63. The molecule has 1 saturated carbocycles. The van der Waals surface area contributed by atoms with E-state index in [4.69, 9.17) is 0 Å². The predicted octanol–water partition coefficient (Wildman–Crippen LogP) is 2.96. The Balaban J connectivity index is 2.14. The van der Waals surface area contributed by atoms with Crippen LogP contribution < -0.4 is 0 Å². The fourth-order valence-corrected chi connectivity index (χ4v) is 3.31. The summed E-state index contributed by atoms with van der Waals surface area (Å²) in [6, 6.07) is 8.28. The van der Waals surface area contributed by atoms with E-state index >= 15 is 0 Å². The third-order valence-corrected chi connectivity index (χ3v) is 4.17. The number of rotatable bonds is 1. The first-order valence-electron chi connectivity index (χ1n) is 5.96. The molecular weight excluding hydrogens is 198 g/mol. The summed E-state index contributed by atoms with van der Waals surface area (Å²) in [5, 5.41) is 1.14. The number of hydrogen-bond acceptors (Lipinski definition) is 1. The lowest BCUT2D eigenvalue weighted by molar-refractivity contribution is 0.112. The molecule has 2 atom stereocenters. The Kier molecular flexibility index (Phi) is 1.48. The number of para-hydroxylation sites is 1. The molecule has 80 valence electrons. The van der Waals surface area contributed by atoms with E-state index in [9.17, 15) is 4.79 Å². The Bertz CT molecular complexity index is 596. The van der Waals surface area contributed by atoms with E-state index in [1.54, 1.807) is 0 Å². The molecule has 16 heavy (non-hydrogen) atoms. The first kappa shape index (κ1) is 8.57. The minimum Gasteiger partial charge on any atom is -0.344 e. The summed E-state index contributed by atoms with van der Waals surface area (Å²) in [5.74, 6) is 1.52. The molecular formula is C14H13NO. The van der Waals surface area contributed by atoms with E-state index in [1.807, 2.05) is 6.07 Å². The molecule has 1 aromatic heterocycles. The van der Waals surface area contributed by atoms with Crippen LogP contribution in [0, 0.1) is 5.92 Å². The van der Waals surface area contributed by atoms with Gasteiger partial charge in [0.15, 0.2) is 6.29 Å². The molecule has 2 unspecified atom stereocenters. The molecule has 2 heterocycles. The van der Waals surface area contributed by atoms with Crippen LogP contribution in [0.15, 0.2) is 24.3 Å². The molecule has 0 spiro atoms. The zero-order valence-corrected chi connectivity index (χ0v) is 9.02. The molecule has 4 rings (SSSR count).